The summed E-state index contributed by atoms with van der Waals surface area (Å²) in [6.07, 6.45) is -0.655. The Morgan fingerprint density at radius 3 is 2.36 bits per heavy atom. The molecule has 0 saturated carbocycles. The second-order valence-electron chi connectivity index (χ2n) is 2.37. The van der Waals surface area contributed by atoms with Gasteiger partial charge in [-0.1, -0.05) is 18.2 Å². The quantitative estimate of drug-likeness (QED) is 0.372. The van der Waals surface area contributed by atoms with E-state index in [4.69, 9.17) is 10.9 Å². The predicted molar refractivity (Wildman–Crippen MR) is 44.8 cm³/mol. The van der Waals surface area contributed by atoms with Gasteiger partial charge >= 0.3 is 0 Å². The normalized spacial score (nSPS) is 12.6. The molecule has 0 radical (unpaired) electrons. The summed E-state index contributed by atoms with van der Waals surface area (Å²) in [6.45, 7) is 1.62. The molecule has 0 amide bonds. The molecule has 0 fully saturated rings. The number of nitrogens with zero attached hydrogens (tertiary/aromatic N) is 1. The van der Waals surface area contributed by atoms with Gasteiger partial charge in [-0.15, -0.1) is 0 Å². The third-order valence-electron chi connectivity index (χ3n) is 1.46. The molecule has 0 aliphatic rings. The first-order valence-electron chi connectivity index (χ1n) is 3.49. The number of hydrazine groups is 1. The summed E-state index contributed by atoms with van der Waals surface area (Å²) in [5, 5.41) is 10.4. The lowest BCUT2D eigenvalue weighted by molar-refractivity contribution is 0.189. The third-order valence-corrected chi connectivity index (χ3v) is 1.46. The van der Waals surface area contributed by atoms with Gasteiger partial charge in [-0.3, -0.25) is 5.01 Å². The molecule has 1 atom stereocenters. The van der Waals surface area contributed by atoms with Crippen LogP contribution in [0.25, 0.3) is 0 Å². The van der Waals surface area contributed by atoms with Crippen LogP contribution in [-0.4, -0.2) is 11.3 Å². The van der Waals surface area contributed by atoms with E-state index in [0.717, 1.165) is 5.69 Å². The Bertz CT molecular complexity index is 211. The van der Waals surface area contributed by atoms with Crippen LogP contribution in [0.15, 0.2) is 30.3 Å². The van der Waals surface area contributed by atoms with Crippen molar-refractivity contribution in [3.05, 3.63) is 30.3 Å². The minimum Gasteiger partial charge on any atom is -0.373 e. The molecule has 3 nitrogen and oxygen atoms in total. The fourth-order valence-corrected chi connectivity index (χ4v) is 0.816. The van der Waals surface area contributed by atoms with Gasteiger partial charge in [-0.05, 0) is 19.1 Å². The summed E-state index contributed by atoms with van der Waals surface area (Å²) in [4.78, 5) is 0. The molecular weight excluding hydrogens is 140 g/mol. The van der Waals surface area contributed by atoms with Crippen molar-refractivity contribution in [1.82, 2.24) is 0 Å². The first-order chi connectivity index (χ1) is 5.22. The molecule has 0 aliphatic carbocycles. The standard InChI is InChI=1S/C8H12N2O/c1-7(11)10(9)8-5-3-2-4-6-8/h2-7,11H,9H2,1H3. The van der Waals surface area contributed by atoms with Crippen molar-refractivity contribution in [3.63, 3.8) is 0 Å². The summed E-state index contributed by atoms with van der Waals surface area (Å²) < 4.78 is 0. The molecule has 1 aromatic carbocycles. The van der Waals surface area contributed by atoms with Crippen molar-refractivity contribution in [3.8, 4) is 0 Å². The van der Waals surface area contributed by atoms with E-state index in [-0.39, 0.29) is 0 Å². The van der Waals surface area contributed by atoms with Crippen molar-refractivity contribution in [2.45, 2.75) is 13.2 Å². The molecule has 1 rings (SSSR count). The molecule has 1 unspecified atom stereocenters. The number of anilines is 1. The molecular formula is C8H12N2O. The number of rotatable bonds is 2. The van der Waals surface area contributed by atoms with Crippen LogP contribution in [0.5, 0.6) is 0 Å². The average Bonchev–Trinajstić information content (AvgIpc) is 2.05. The number of hydrogen-bond donors (Lipinski definition) is 2. The molecule has 0 bridgehead atoms. The maximum absolute atomic E-state index is 9.08. The van der Waals surface area contributed by atoms with Crippen LogP contribution in [0.2, 0.25) is 0 Å². The largest absolute Gasteiger partial charge is 0.373 e. The Labute approximate surface area is 66.0 Å². The highest BCUT2D eigenvalue weighted by atomic mass is 16.3. The van der Waals surface area contributed by atoms with E-state index in [0.29, 0.717) is 0 Å². The minimum atomic E-state index is -0.655. The first kappa shape index (κ1) is 8.04. The van der Waals surface area contributed by atoms with Gasteiger partial charge in [0.15, 0.2) is 0 Å². The molecule has 0 spiro atoms. The maximum Gasteiger partial charge on any atom is 0.138 e. The van der Waals surface area contributed by atoms with Gasteiger partial charge in [0, 0.05) is 0 Å². The van der Waals surface area contributed by atoms with E-state index in [2.05, 4.69) is 0 Å². The number of aliphatic hydroxyl groups is 1. The number of nitrogens with two attached hydrogens (primary N) is 1. The topological polar surface area (TPSA) is 49.5 Å². The summed E-state index contributed by atoms with van der Waals surface area (Å²) >= 11 is 0. The van der Waals surface area contributed by atoms with Gasteiger partial charge in [0.1, 0.15) is 6.23 Å². The lowest BCUT2D eigenvalue weighted by Gasteiger charge is -2.21. The van der Waals surface area contributed by atoms with Crippen molar-refractivity contribution in [1.29, 1.82) is 0 Å². The minimum absolute atomic E-state index is 0.655. The highest BCUT2D eigenvalue weighted by Crippen LogP contribution is 2.10. The van der Waals surface area contributed by atoms with E-state index in [9.17, 15) is 0 Å². The average molecular weight is 152 g/mol. The lowest BCUT2D eigenvalue weighted by Crippen LogP contribution is -2.39. The molecule has 0 saturated heterocycles. The number of para-hydroxylation sites is 1. The van der Waals surface area contributed by atoms with Crippen LogP contribution in [-0.2, 0) is 0 Å². The number of hydrogen-bond acceptors (Lipinski definition) is 3. The second-order valence-corrected chi connectivity index (χ2v) is 2.37. The van der Waals surface area contributed by atoms with Gasteiger partial charge in [0.25, 0.3) is 0 Å². The Hall–Kier alpha value is -1.06. The van der Waals surface area contributed by atoms with Gasteiger partial charge in [0.2, 0.25) is 0 Å². The van der Waals surface area contributed by atoms with Crippen LogP contribution < -0.4 is 10.9 Å². The van der Waals surface area contributed by atoms with Crippen LogP contribution in [0.1, 0.15) is 6.92 Å². The molecule has 60 valence electrons. The van der Waals surface area contributed by atoms with Gasteiger partial charge in [-0.2, -0.15) is 0 Å². The van der Waals surface area contributed by atoms with Gasteiger partial charge < -0.3 is 5.11 Å². The van der Waals surface area contributed by atoms with E-state index >= 15 is 0 Å². The first-order valence-corrected chi connectivity index (χ1v) is 3.49. The fourth-order valence-electron chi connectivity index (χ4n) is 0.816. The molecule has 0 heterocycles. The van der Waals surface area contributed by atoms with Crippen molar-refractivity contribution >= 4 is 5.69 Å². The van der Waals surface area contributed by atoms with Gasteiger partial charge in [-0.25, -0.2) is 5.84 Å². The van der Waals surface area contributed by atoms with Crippen molar-refractivity contribution in [2.75, 3.05) is 5.01 Å². The van der Waals surface area contributed by atoms with Crippen LogP contribution in [0.3, 0.4) is 0 Å². The van der Waals surface area contributed by atoms with E-state index in [1.54, 1.807) is 6.92 Å². The molecule has 11 heavy (non-hydrogen) atoms. The zero-order chi connectivity index (χ0) is 8.27. The Morgan fingerprint density at radius 1 is 1.36 bits per heavy atom. The summed E-state index contributed by atoms with van der Waals surface area (Å²) in [6, 6.07) is 9.33. The Kier molecular flexibility index (Phi) is 2.46. The third kappa shape index (κ3) is 1.93. The Balaban J connectivity index is 2.77. The Morgan fingerprint density at radius 2 is 1.91 bits per heavy atom. The number of aliphatic hydroxyl groups excluding tert-OH is 1. The molecule has 0 aliphatic heterocycles. The zero-order valence-corrected chi connectivity index (χ0v) is 6.44. The summed E-state index contributed by atoms with van der Waals surface area (Å²) in [5.74, 6) is 5.52. The van der Waals surface area contributed by atoms with Gasteiger partial charge in [0.05, 0.1) is 5.69 Å². The fraction of sp³-hybridized carbons (Fsp3) is 0.250. The monoisotopic (exact) mass is 152 g/mol. The molecule has 3 N–H and O–H groups in total. The van der Waals surface area contributed by atoms with Crippen molar-refractivity contribution in [2.24, 2.45) is 5.84 Å². The SMILES string of the molecule is CC(O)N(N)c1ccccc1. The van der Waals surface area contributed by atoms with E-state index in [1.807, 2.05) is 30.3 Å². The number of benzene rings is 1. The van der Waals surface area contributed by atoms with Crippen LogP contribution >= 0.6 is 0 Å². The van der Waals surface area contributed by atoms with E-state index < -0.39 is 6.23 Å². The smallest absolute Gasteiger partial charge is 0.138 e. The highest BCUT2D eigenvalue weighted by Gasteiger charge is 2.04. The van der Waals surface area contributed by atoms with Crippen LogP contribution in [0, 0.1) is 0 Å². The molecule has 1 aromatic rings. The predicted octanol–water partition coefficient (Wildman–Crippen LogP) is 0.705. The lowest BCUT2D eigenvalue weighted by atomic mass is 10.3. The molecule has 3 heteroatoms. The summed E-state index contributed by atoms with van der Waals surface area (Å²) in [5.41, 5.74) is 0.808. The van der Waals surface area contributed by atoms with Crippen LogP contribution in [0.4, 0.5) is 5.69 Å². The van der Waals surface area contributed by atoms with Crippen molar-refractivity contribution < 1.29 is 5.11 Å². The summed E-state index contributed by atoms with van der Waals surface area (Å²) in [7, 11) is 0. The molecule has 0 aromatic heterocycles. The maximum atomic E-state index is 9.08. The zero-order valence-electron chi connectivity index (χ0n) is 6.44. The van der Waals surface area contributed by atoms with E-state index in [1.165, 1.54) is 5.01 Å². The highest BCUT2D eigenvalue weighted by molar-refractivity contribution is 5.44. The second kappa shape index (κ2) is 3.37.